The minimum absolute atomic E-state index is 0.126. The van der Waals surface area contributed by atoms with E-state index in [-0.39, 0.29) is 18.4 Å². The Morgan fingerprint density at radius 1 is 0.964 bits per heavy atom. The highest BCUT2D eigenvalue weighted by Gasteiger charge is 2.05. The zero-order valence-electron chi connectivity index (χ0n) is 16.6. The Morgan fingerprint density at radius 3 is 2.46 bits per heavy atom. The summed E-state index contributed by atoms with van der Waals surface area (Å²) in [4.78, 5) is 23.7. The number of rotatable bonds is 11. The van der Waals surface area contributed by atoms with Crippen LogP contribution in [0.2, 0.25) is 0 Å². The number of benzene rings is 2. The van der Waals surface area contributed by atoms with Crippen molar-refractivity contribution in [3.8, 4) is 5.75 Å². The predicted molar refractivity (Wildman–Crippen MR) is 113 cm³/mol. The van der Waals surface area contributed by atoms with Crippen molar-refractivity contribution in [3.05, 3.63) is 54.1 Å². The van der Waals surface area contributed by atoms with Crippen LogP contribution in [-0.4, -0.2) is 32.0 Å². The predicted octanol–water partition coefficient (Wildman–Crippen LogP) is 4.06. The van der Waals surface area contributed by atoms with E-state index < -0.39 is 0 Å². The normalized spacial score (nSPS) is 10.2. The first-order valence-electron chi connectivity index (χ1n) is 9.71. The van der Waals surface area contributed by atoms with Gasteiger partial charge in [0.05, 0.1) is 13.2 Å². The fourth-order valence-electron chi connectivity index (χ4n) is 2.65. The molecule has 0 aliphatic rings. The summed E-state index contributed by atoms with van der Waals surface area (Å²) in [6.07, 6.45) is 4.63. The van der Waals surface area contributed by atoms with Crippen LogP contribution in [0.1, 0.15) is 43.0 Å². The van der Waals surface area contributed by atoms with Crippen molar-refractivity contribution in [1.29, 1.82) is 0 Å². The molecule has 0 unspecified atom stereocenters. The number of nitrogens with one attached hydrogen (secondary N) is 3. The van der Waals surface area contributed by atoms with E-state index in [1.165, 1.54) is 19.3 Å². The molecule has 2 amide bonds. The summed E-state index contributed by atoms with van der Waals surface area (Å²) < 4.78 is 5.74. The lowest BCUT2D eigenvalue weighted by atomic mass is 10.2. The van der Waals surface area contributed by atoms with Crippen LogP contribution in [0.5, 0.6) is 5.75 Å². The minimum Gasteiger partial charge on any atom is -0.494 e. The Morgan fingerprint density at radius 2 is 1.75 bits per heavy atom. The van der Waals surface area contributed by atoms with Crippen molar-refractivity contribution in [3.63, 3.8) is 0 Å². The van der Waals surface area contributed by atoms with Gasteiger partial charge in [-0.25, -0.2) is 0 Å². The second kappa shape index (κ2) is 11.6. The van der Waals surface area contributed by atoms with Gasteiger partial charge in [-0.1, -0.05) is 32.3 Å². The quantitative estimate of drug-likeness (QED) is 0.511. The lowest BCUT2D eigenvalue weighted by Crippen LogP contribution is -2.22. The highest BCUT2D eigenvalue weighted by Crippen LogP contribution is 2.18. The molecule has 2 aromatic carbocycles. The number of hydrogen-bond donors (Lipinski definition) is 3. The third kappa shape index (κ3) is 7.31. The van der Waals surface area contributed by atoms with Crippen LogP contribution in [0, 0.1) is 0 Å². The molecule has 3 N–H and O–H groups in total. The number of unbranched alkanes of at least 4 members (excludes halogenated alkanes) is 3. The molecule has 0 saturated carbocycles. The minimum atomic E-state index is -0.157. The summed E-state index contributed by atoms with van der Waals surface area (Å²) in [7, 11) is 1.59. The molecule has 150 valence electrons. The van der Waals surface area contributed by atoms with Crippen LogP contribution in [0.3, 0.4) is 0 Å². The Bertz CT molecular complexity index is 760. The molecule has 6 nitrogen and oxygen atoms in total. The number of carbonyl (C=O) groups is 2. The molecular weight excluding hydrogens is 354 g/mol. The molecule has 0 radical (unpaired) electrons. The maximum atomic E-state index is 12.2. The van der Waals surface area contributed by atoms with E-state index in [0.29, 0.717) is 17.9 Å². The molecule has 6 heteroatoms. The summed E-state index contributed by atoms with van der Waals surface area (Å²) in [5.74, 6) is 0.458. The lowest BCUT2D eigenvalue weighted by Gasteiger charge is -2.10. The summed E-state index contributed by atoms with van der Waals surface area (Å²) in [6, 6.07) is 14.4. The Kier molecular flexibility index (Phi) is 8.85. The van der Waals surface area contributed by atoms with Crippen LogP contribution in [0.25, 0.3) is 0 Å². The first-order valence-corrected chi connectivity index (χ1v) is 9.71. The zero-order valence-corrected chi connectivity index (χ0v) is 16.6. The van der Waals surface area contributed by atoms with Crippen molar-refractivity contribution in [1.82, 2.24) is 5.32 Å². The fourth-order valence-corrected chi connectivity index (χ4v) is 2.65. The maximum Gasteiger partial charge on any atom is 0.251 e. The molecule has 0 atom stereocenters. The van der Waals surface area contributed by atoms with Gasteiger partial charge in [-0.2, -0.15) is 0 Å². The van der Waals surface area contributed by atoms with Crippen LogP contribution in [0.4, 0.5) is 11.4 Å². The molecule has 0 fully saturated rings. The van der Waals surface area contributed by atoms with E-state index in [4.69, 9.17) is 4.74 Å². The SMILES string of the molecule is CCCCCCOc1cccc(NC(=O)CNc2ccc(C(=O)NC)cc2)c1. The molecule has 0 aliphatic heterocycles. The summed E-state index contributed by atoms with van der Waals surface area (Å²) in [6.45, 7) is 2.99. The summed E-state index contributed by atoms with van der Waals surface area (Å²) in [5.41, 5.74) is 2.05. The highest BCUT2D eigenvalue weighted by atomic mass is 16.5. The van der Waals surface area contributed by atoms with Crippen LogP contribution >= 0.6 is 0 Å². The highest BCUT2D eigenvalue weighted by molar-refractivity contribution is 5.95. The van der Waals surface area contributed by atoms with Crippen molar-refractivity contribution in [2.45, 2.75) is 32.6 Å². The largest absolute Gasteiger partial charge is 0.494 e. The van der Waals surface area contributed by atoms with Gasteiger partial charge in [0.2, 0.25) is 5.91 Å². The summed E-state index contributed by atoms with van der Waals surface area (Å²) in [5, 5.41) is 8.47. The van der Waals surface area contributed by atoms with Gasteiger partial charge in [0.25, 0.3) is 5.91 Å². The Labute approximate surface area is 166 Å². The maximum absolute atomic E-state index is 12.2. The Hall–Kier alpha value is -3.02. The van der Waals surface area contributed by atoms with Gasteiger partial charge in [-0.3, -0.25) is 9.59 Å². The number of hydrogen-bond acceptors (Lipinski definition) is 4. The van der Waals surface area contributed by atoms with Crippen LogP contribution in [-0.2, 0) is 4.79 Å². The third-order valence-electron chi connectivity index (χ3n) is 4.21. The van der Waals surface area contributed by atoms with Gasteiger partial charge in [-0.15, -0.1) is 0 Å². The van der Waals surface area contributed by atoms with E-state index in [9.17, 15) is 9.59 Å². The van der Waals surface area contributed by atoms with Crippen molar-refractivity contribution in [2.75, 3.05) is 30.8 Å². The number of ether oxygens (including phenoxy) is 1. The molecule has 0 heterocycles. The molecule has 2 rings (SSSR count). The van der Waals surface area contributed by atoms with Crippen molar-refractivity contribution < 1.29 is 14.3 Å². The van der Waals surface area contributed by atoms with E-state index in [0.717, 1.165) is 17.9 Å². The molecule has 2 aromatic rings. The van der Waals surface area contributed by atoms with E-state index in [1.54, 1.807) is 31.3 Å². The van der Waals surface area contributed by atoms with Gasteiger partial charge in [-0.05, 0) is 42.8 Å². The zero-order chi connectivity index (χ0) is 20.2. The monoisotopic (exact) mass is 383 g/mol. The number of amides is 2. The summed E-state index contributed by atoms with van der Waals surface area (Å²) >= 11 is 0. The topological polar surface area (TPSA) is 79.5 Å². The lowest BCUT2D eigenvalue weighted by molar-refractivity contribution is -0.114. The van der Waals surface area contributed by atoms with Crippen molar-refractivity contribution >= 4 is 23.2 Å². The first kappa shape index (κ1) is 21.3. The second-order valence-corrected chi connectivity index (χ2v) is 6.50. The molecule has 0 spiro atoms. The van der Waals surface area contributed by atoms with E-state index in [2.05, 4.69) is 22.9 Å². The number of anilines is 2. The van der Waals surface area contributed by atoms with Crippen LogP contribution in [0.15, 0.2) is 48.5 Å². The average molecular weight is 383 g/mol. The molecule has 0 bridgehead atoms. The van der Waals surface area contributed by atoms with E-state index >= 15 is 0 Å². The third-order valence-corrected chi connectivity index (χ3v) is 4.21. The van der Waals surface area contributed by atoms with Gasteiger partial charge >= 0.3 is 0 Å². The van der Waals surface area contributed by atoms with Gasteiger partial charge in [0.1, 0.15) is 5.75 Å². The standard InChI is InChI=1S/C22H29N3O3/c1-3-4-5-6-14-28-20-9-7-8-19(15-20)25-21(26)16-24-18-12-10-17(11-13-18)22(27)23-2/h7-13,15,24H,3-6,14,16H2,1-2H3,(H,23,27)(H,25,26). The smallest absolute Gasteiger partial charge is 0.251 e. The van der Waals surface area contributed by atoms with E-state index in [1.807, 2.05) is 24.3 Å². The molecular formula is C22H29N3O3. The molecule has 0 aliphatic carbocycles. The molecule has 0 aromatic heterocycles. The number of carbonyl (C=O) groups excluding carboxylic acids is 2. The Balaban J connectivity index is 1.78. The first-order chi connectivity index (χ1) is 13.6. The van der Waals surface area contributed by atoms with Gasteiger partial charge < -0.3 is 20.7 Å². The van der Waals surface area contributed by atoms with Crippen LogP contribution < -0.4 is 20.7 Å². The van der Waals surface area contributed by atoms with Crippen molar-refractivity contribution in [2.24, 2.45) is 0 Å². The van der Waals surface area contributed by atoms with Gasteiger partial charge in [0, 0.05) is 30.1 Å². The average Bonchev–Trinajstić information content (AvgIpc) is 2.72. The molecule has 0 saturated heterocycles. The molecule has 28 heavy (non-hydrogen) atoms. The van der Waals surface area contributed by atoms with Gasteiger partial charge in [0.15, 0.2) is 0 Å². The fraction of sp³-hybridized carbons (Fsp3) is 0.364. The second-order valence-electron chi connectivity index (χ2n) is 6.50.